The number of ether oxygens (including phenoxy) is 1. The maximum Gasteiger partial charge on any atom is 0.126 e. The first kappa shape index (κ1) is 12.5. The Balaban J connectivity index is 2.07. The van der Waals surface area contributed by atoms with Gasteiger partial charge < -0.3 is 4.74 Å². The highest BCUT2D eigenvalue weighted by atomic mass is 19.1. The highest BCUT2D eigenvalue weighted by Crippen LogP contribution is 2.20. The van der Waals surface area contributed by atoms with Gasteiger partial charge in [-0.15, -0.1) is 0 Å². The van der Waals surface area contributed by atoms with Gasteiger partial charge in [0.15, 0.2) is 0 Å². The predicted molar refractivity (Wildman–Crippen MR) is 66.6 cm³/mol. The number of hydrogen-bond donors (Lipinski definition) is 0. The monoisotopic (exact) mass is 237 g/mol. The molecule has 0 saturated carbocycles. The van der Waals surface area contributed by atoms with Crippen LogP contribution in [0.15, 0.2) is 18.2 Å². The average molecular weight is 237 g/mol. The molecule has 1 saturated heterocycles. The molecule has 1 aromatic carbocycles. The van der Waals surface area contributed by atoms with Crippen LogP contribution in [0.2, 0.25) is 0 Å². The minimum atomic E-state index is -0.0919. The average Bonchev–Trinajstić information content (AvgIpc) is 2.32. The van der Waals surface area contributed by atoms with Crippen molar-refractivity contribution in [1.82, 2.24) is 4.90 Å². The van der Waals surface area contributed by atoms with Gasteiger partial charge in [-0.1, -0.05) is 26.0 Å². The van der Waals surface area contributed by atoms with E-state index in [2.05, 4.69) is 4.90 Å². The second-order valence-corrected chi connectivity index (χ2v) is 4.90. The van der Waals surface area contributed by atoms with E-state index < -0.39 is 0 Å². The van der Waals surface area contributed by atoms with Crippen molar-refractivity contribution in [3.8, 4) is 0 Å². The molecule has 0 aromatic heterocycles. The molecule has 1 heterocycles. The predicted octanol–water partition coefficient (Wildman–Crippen LogP) is 2.78. The Morgan fingerprint density at radius 1 is 1.29 bits per heavy atom. The Morgan fingerprint density at radius 3 is 2.65 bits per heavy atom. The zero-order chi connectivity index (χ0) is 12.3. The summed E-state index contributed by atoms with van der Waals surface area (Å²) in [5, 5.41) is 0. The number of nitrogens with zero attached hydrogens (tertiary/aromatic N) is 1. The van der Waals surface area contributed by atoms with Crippen LogP contribution in [0, 0.1) is 5.82 Å². The molecule has 3 heteroatoms. The molecule has 0 aliphatic carbocycles. The van der Waals surface area contributed by atoms with E-state index in [4.69, 9.17) is 4.74 Å². The van der Waals surface area contributed by atoms with Crippen LogP contribution in [0.4, 0.5) is 4.39 Å². The first-order valence-electron chi connectivity index (χ1n) is 6.25. The first-order chi connectivity index (χ1) is 8.16. The number of hydrogen-bond acceptors (Lipinski definition) is 2. The second kappa shape index (κ2) is 5.61. The molecule has 0 unspecified atom stereocenters. The van der Waals surface area contributed by atoms with Crippen LogP contribution in [0.3, 0.4) is 0 Å². The van der Waals surface area contributed by atoms with Gasteiger partial charge in [0.1, 0.15) is 5.82 Å². The third-order valence-corrected chi connectivity index (χ3v) is 3.19. The molecule has 17 heavy (non-hydrogen) atoms. The van der Waals surface area contributed by atoms with Crippen molar-refractivity contribution in [2.24, 2.45) is 0 Å². The summed E-state index contributed by atoms with van der Waals surface area (Å²) in [4.78, 5) is 2.35. The lowest BCUT2D eigenvalue weighted by molar-refractivity contribution is 0.0341. The van der Waals surface area contributed by atoms with E-state index in [0.29, 0.717) is 0 Å². The van der Waals surface area contributed by atoms with Crippen molar-refractivity contribution in [3.63, 3.8) is 0 Å². The van der Waals surface area contributed by atoms with E-state index in [9.17, 15) is 4.39 Å². The van der Waals surface area contributed by atoms with Crippen LogP contribution in [0.25, 0.3) is 0 Å². The lowest BCUT2D eigenvalue weighted by atomic mass is 10.00. The van der Waals surface area contributed by atoms with Gasteiger partial charge >= 0.3 is 0 Å². The van der Waals surface area contributed by atoms with Gasteiger partial charge in [-0.05, 0) is 23.1 Å². The van der Waals surface area contributed by atoms with E-state index in [1.54, 1.807) is 6.07 Å². The van der Waals surface area contributed by atoms with Gasteiger partial charge in [0, 0.05) is 19.6 Å². The van der Waals surface area contributed by atoms with Gasteiger partial charge in [-0.3, -0.25) is 4.90 Å². The van der Waals surface area contributed by atoms with E-state index in [0.717, 1.165) is 38.4 Å². The number of rotatable bonds is 3. The van der Waals surface area contributed by atoms with Crippen LogP contribution in [-0.4, -0.2) is 31.2 Å². The molecule has 2 nitrogen and oxygen atoms in total. The summed E-state index contributed by atoms with van der Waals surface area (Å²) in [5.41, 5.74) is 2.01. The maximum atomic E-state index is 13.6. The van der Waals surface area contributed by atoms with Crippen LogP contribution < -0.4 is 0 Å². The molecule has 0 bridgehead atoms. The smallest absolute Gasteiger partial charge is 0.126 e. The summed E-state index contributed by atoms with van der Waals surface area (Å²) in [7, 11) is 0. The zero-order valence-electron chi connectivity index (χ0n) is 10.6. The highest BCUT2D eigenvalue weighted by molar-refractivity contribution is 5.27. The molecule has 94 valence electrons. The van der Waals surface area contributed by atoms with Crippen molar-refractivity contribution >= 4 is 0 Å². The quantitative estimate of drug-likeness (QED) is 0.801. The maximum absolute atomic E-state index is 13.6. The largest absolute Gasteiger partial charge is 0.379 e. The zero-order valence-corrected chi connectivity index (χ0v) is 10.6. The highest BCUT2D eigenvalue weighted by Gasteiger charge is 2.12. The Morgan fingerprint density at radius 2 is 2.00 bits per heavy atom. The molecule has 0 spiro atoms. The molecular weight excluding hydrogens is 217 g/mol. The fraction of sp³-hybridized carbons (Fsp3) is 0.571. The van der Waals surface area contributed by atoms with Crippen molar-refractivity contribution in [3.05, 3.63) is 35.1 Å². The van der Waals surface area contributed by atoms with Crippen LogP contribution in [0.5, 0.6) is 0 Å². The summed E-state index contributed by atoms with van der Waals surface area (Å²) >= 11 is 0. The summed E-state index contributed by atoms with van der Waals surface area (Å²) in [5.74, 6) is 0.144. The molecule has 0 N–H and O–H groups in total. The van der Waals surface area contributed by atoms with Gasteiger partial charge in [-0.2, -0.15) is 0 Å². The van der Waals surface area contributed by atoms with Crippen molar-refractivity contribution in [2.75, 3.05) is 26.3 Å². The third-order valence-electron chi connectivity index (χ3n) is 3.19. The van der Waals surface area contributed by atoms with Crippen LogP contribution in [0.1, 0.15) is 30.9 Å². The minimum absolute atomic E-state index is 0.0919. The summed E-state index contributed by atoms with van der Waals surface area (Å²) in [6.45, 7) is 8.48. The van der Waals surface area contributed by atoms with E-state index in [-0.39, 0.29) is 11.7 Å². The first-order valence-corrected chi connectivity index (χ1v) is 6.25. The minimum Gasteiger partial charge on any atom is -0.379 e. The lowest BCUT2D eigenvalue weighted by Crippen LogP contribution is -2.35. The van der Waals surface area contributed by atoms with E-state index >= 15 is 0 Å². The summed E-state index contributed by atoms with van der Waals surface area (Å²) in [6, 6.07) is 5.47. The van der Waals surface area contributed by atoms with Crippen molar-refractivity contribution in [2.45, 2.75) is 26.3 Å². The second-order valence-electron chi connectivity index (χ2n) is 4.90. The van der Waals surface area contributed by atoms with Crippen LogP contribution >= 0.6 is 0 Å². The van der Waals surface area contributed by atoms with Gasteiger partial charge in [0.25, 0.3) is 0 Å². The Labute approximate surface area is 102 Å². The molecule has 1 aliphatic heterocycles. The molecule has 1 fully saturated rings. The molecule has 0 radical (unpaired) electrons. The Bertz CT molecular complexity index is 372. The van der Waals surface area contributed by atoms with Crippen molar-refractivity contribution in [1.29, 1.82) is 0 Å². The number of morpholine rings is 1. The fourth-order valence-corrected chi connectivity index (χ4v) is 2.15. The molecule has 1 aliphatic rings. The van der Waals surface area contributed by atoms with Crippen molar-refractivity contribution < 1.29 is 9.13 Å². The molecule has 0 amide bonds. The van der Waals surface area contributed by atoms with E-state index in [1.807, 2.05) is 26.0 Å². The molecule has 2 rings (SSSR count). The third kappa shape index (κ3) is 3.27. The normalized spacial score (nSPS) is 17.6. The Hall–Kier alpha value is -0.930. The molecule has 0 atom stereocenters. The van der Waals surface area contributed by atoms with E-state index in [1.165, 1.54) is 5.56 Å². The van der Waals surface area contributed by atoms with Gasteiger partial charge in [0.05, 0.1) is 13.2 Å². The SMILES string of the molecule is CC(C)c1cc(CN2CCOCC2)ccc1F. The molecule has 1 aromatic rings. The van der Waals surface area contributed by atoms with Crippen LogP contribution in [-0.2, 0) is 11.3 Å². The lowest BCUT2D eigenvalue weighted by Gasteiger charge is -2.26. The topological polar surface area (TPSA) is 12.5 Å². The number of halogens is 1. The fourth-order valence-electron chi connectivity index (χ4n) is 2.15. The molecular formula is C14H20FNO. The summed E-state index contributed by atoms with van der Waals surface area (Å²) in [6.07, 6.45) is 0. The van der Waals surface area contributed by atoms with Gasteiger partial charge in [0.2, 0.25) is 0 Å². The standard InChI is InChI=1S/C14H20FNO/c1-11(2)13-9-12(3-4-14(13)15)10-16-5-7-17-8-6-16/h3-4,9,11H,5-8,10H2,1-2H3. The summed E-state index contributed by atoms with van der Waals surface area (Å²) < 4.78 is 18.9. The number of benzene rings is 1. The van der Waals surface area contributed by atoms with Gasteiger partial charge in [-0.25, -0.2) is 4.39 Å². The Kier molecular flexibility index (Phi) is 4.13.